The molecule has 142 valence electrons. The van der Waals surface area contributed by atoms with Gasteiger partial charge < -0.3 is 10.3 Å². The van der Waals surface area contributed by atoms with Gasteiger partial charge >= 0.3 is 0 Å². The number of H-pyrrole nitrogens is 1. The third kappa shape index (κ3) is 4.72. The second-order valence-corrected chi connectivity index (χ2v) is 6.79. The van der Waals surface area contributed by atoms with E-state index in [2.05, 4.69) is 90.8 Å². The Kier molecular flexibility index (Phi) is 5.89. The molecular formula is C22H24N6. The summed E-state index contributed by atoms with van der Waals surface area (Å²) in [5.41, 5.74) is 4.21. The number of nitrogens with one attached hydrogen (secondary N) is 2. The molecule has 4 rings (SSSR count). The van der Waals surface area contributed by atoms with E-state index in [1.54, 1.807) is 12.7 Å². The normalized spacial score (nSPS) is 11.2. The Morgan fingerprint density at radius 1 is 0.821 bits per heavy atom. The molecule has 2 N–H and O–H groups in total. The highest BCUT2D eigenvalue weighted by Crippen LogP contribution is 2.15. The Morgan fingerprint density at radius 2 is 1.50 bits per heavy atom. The molecule has 2 aromatic heterocycles. The van der Waals surface area contributed by atoms with Crippen LogP contribution in [-0.4, -0.2) is 37.9 Å². The van der Waals surface area contributed by atoms with Crippen molar-refractivity contribution in [2.45, 2.75) is 19.5 Å². The number of imidazole rings is 1. The van der Waals surface area contributed by atoms with E-state index in [1.165, 1.54) is 11.1 Å². The van der Waals surface area contributed by atoms with Crippen LogP contribution in [0.3, 0.4) is 0 Å². The lowest BCUT2D eigenvalue weighted by molar-refractivity contribution is 0.256. The highest BCUT2D eigenvalue weighted by Gasteiger charge is 2.08. The quantitative estimate of drug-likeness (QED) is 0.437. The first-order valence-corrected chi connectivity index (χ1v) is 9.56. The standard InChI is InChI=1S/C22H24N6/c1-3-8-18(9-4-1)14-28(15-19-10-5-2-6-11-19)13-7-12-23-21-20-22(25-16-24-20)27-17-26-21/h1-6,8-11,16-17H,7,12-15H2,(H2,23,24,25,26,27). The largest absolute Gasteiger partial charge is 0.368 e. The van der Waals surface area contributed by atoms with Gasteiger partial charge in [-0.3, -0.25) is 4.90 Å². The van der Waals surface area contributed by atoms with Gasteiger partial charge in [-0.2, -0.15) is 0 Å². The molecule has 0 fully saturated rings. The number of aromatic nitrogens is 4. The van der Waals surface area contributed by atoms with Crippen LogP contribution in [0.5, 0.6) is 0 Å². The van der Waals surface area contributed by atoms with E-state index < -0.39 is 0 Å². The topological polar surface area (TPSA) is 69.7 Å². The summed E-state index contributed by atoms with van der Waals surface area (Å²) in [5, 5.41) is 3.41. The number of rotatable bonds is 9. The summed E-state index contributed by atoms with van der Waals surface area (Å²) in [4.78, 5) is 18.2. The summed E-state index contributed by atoms with van der Waals surface area (Å²) in [6.45, 7) is 3.71. The van der Waals surface area contributed by atoms with Gasteiger partial charge in [0.05, 0.1) is 6.33 Å². The van der Waals surface area contributed by atoms with Gasteiger partial charge in [0.1, 0.15) is 11.8 Å². The SMILES string of the molecule is c1ccc(CN(CCCNc2ncnc3nc[nH]c23)Cc2ccccc2)cc1. The zero-order valence-electron chi connectivity index (χ0n) is 15.8. The van der Waals surface area contributed by atoms with Crippen LogP contribution in [0.2, 0.25) is 0 Å². The van der Waals surface area contributed by atoms with Crippen molar-refractivity contribution < 1.29 is 0 Å². The number of nitrogens with zero attached hydrogens (tertiary/aromatic N) is 4. The second kappa shape index (κ2) is 9.10. The molecule has 6 nitrogen and oxygen atoms in total. The van der Waals surface area contributed by atoms with Crippen molar-refractivity contribution >= 4 is 17.0 Å². The molecule has 0 radical (unpaired) electrons. The molecule has 2 aromatic carbocycles. The molecule has 0 atom stereocenters. The number of fused-ring (bicyclic) bond motifs is 1. The summed E-state index contributed by atoms with van der Waals surface area (Å²) in [7, 11) is 0. The molecule has 28 heavy (non-hydrogen) atoms. The van der Waals surface area contributed by atoms with Crippen LogP contribution in [0.4, 0.5) is 5.82 Å². The van der Waals surface area contributed by atoms with Crippen molar-refractivity contribution in [2.75, 3.05) is 18.4 Å². The Labute approximate surface area is 164 Å². The number of anilines is 1. The van der Waals surface area contributed by atoms with Gasteiger partial charge in [-0.25, -0.2) is 15.0 Å². The minimum absolute atomic E-state index is 0.687. The van der Waals surface area contributed by atoms with Gasteiger partial charge in [-0.1, -0.05) is 60.7 Å². The minimum atomic E-state index is 0.687. The third-order valence-electron chi connectivity index (χ3n) is 4.66. The van der Waals surface area contributed by atoms with Crippen LogP contribution in [-0.2, 0) is 13.1 Å². The molecule has 0 saturated carbocycles. The molecule has 0 spiro atoms. The number of hydrogen-bond acceptors (Lipinski definition) is 5. The first-order valence-electron chi connectivity index (χ1n) is 9.56. The average Bonchev–Trinajstić information content (AvgIpc) is 3.22. The lowest BCUT2D eigenvalue weighted by Crippen LogP contribution is -2.25. The van der Waals surface area contributed by atoms with Crippen LogP contribution in [0.1, 0.15) is 17.5 Å². The second-order valence-electron chi connectivity index (χ2n) is 6.79. The fourth-order valence-corrected chi connectivity index (χ4v) is 3.31. The predicted octanol–water partition coefficient (Wildman–Crippen LogP) is 3.86. The molecule has 0 aliphatic carbocycles. The van der Waals surface area contributed by atoms with E-state index in [-0.39, 0.29) is 0 Å². The summed E-state index contributed by atoms with van der Waals surface area (Å²) < 4.78 is 0. The Morgan fingerprint density at radius 3 is 2.18 bits per heavy atom. The van der Waals surface area contributed by atoms with Gasteiger partial charge in [0.2, 0.25) is 0 Å². The van der Waals surface area contributed by atoms with Gasteiger partial charge in [0, 0.05) is 26.2 Å². The molecule has 0 unspecified atom stereocenters. The minimum Gasteiger partial charge on any atom is -0.368 e. The van der Waals surface area contributed by atoms with Crippen LogP contribution < -0.4 is 5.32 Å². The number of hydrogen-bond donors (Lipinski definition) is 2. The van der Waals surface area contributed by atoms with Crippen molar-refractivity contribution in [1.29, 1.82) is 0 Å². The molecule has 0 bridgehead atoms. The van der Waals surface area contributed by atoms with Gasteiger partial charge in [0.25, 0.3) is 0 Å². The summed E-state index contributed by atoms with van der Waals surface area (Å²) >= 11 is 0. The molecule has 0 aliphatic heterocycles. The van der Waals surface area contributed by atoms with Gasteiger partial charge in [0.15, 0.2) is 11.5 Å². The van der Waals surface area contributed by atoms with E-state index in [0.29, 0.717) is 5.65 Å². The molecule has 2 heterocycles. The Balaban J connectivity index is 1.35. The molecule has 0 aliphatic rings. The zero-order valence-corrected chi connectivity index (χ0v) is 15.8. The van der Waals surface area contributed by atoms with Gasteiger partial charge in [-0.05, 0) is 17.5 Å². The molecular weight excluding hydrogens is 348 g/mol. The monoisotopic (exact) mass is 372 g/mol. The van der Waals surface area contributed by atoms with Crippen molar-refractivity contribution in [1.82, 2.24) is 24.8 Å². The van der Waals surface area contributed by atoms with Crippen LogP contribution >= 0.6 is 0 Å². The van der Waals surface area contributed by atoms with Crippen molar-refractivity contribution in [3.63, 3.8) is 0 Å². The van der Waals surface area contributed by atoms with E-state index in [9.17, 15) is 0 Å². The Bertz CT molecular complexity index is 942. The van der Waals surface area contributed by atoms with Crippen LogP contribution in [0.15, 0.2) is 73.3 Å². The van der Waals surface area contributed by atoms with Crippen molar-refractivity contribution in [3.8, 4) is 0 Å². The van der Waals surface area contributed by atoms with Crippen LogP contribution in [0.25, 0.3) is 11.2 Å². The Hall–Kier alpha value is -3.25. The lowest BCUT2D eigenvalue weighted by atomic mass is 10.1. The van der Waals surface area contributed by atoms with E-state index >= 15 is 0 Å². The zero-order chi connectivity index (χ0) is 19.0. The maximum absolute atomic E-state index is 4.32. The first kappa shape index (κ1) is 18.1. The first-order chi connectivity index (χ1) is 13.9. The van der Waals surface area contributed by atoms with Crippen molar-refractivity contribution in [2.24, 2.45) is 0 Å². The maximum atomic E-state index is 4.32. The third-order valence-corrected chi connectivity index (χ3v) is 4.66. The fraction of sp³-hybridized carbons (Fsp3) is 0.227. The molecule has 4 aromatic rings. The smallest absolute Gasteiger partial charge is 0.182 e. The van der Waals surface area contributed by atoms with Gasteiger partial charge in [-0.15, -0.1) is 0 Å². The maximum Gasteiger partial charge on any atom is 0.182 e. The fourth-order valence-electron chi connectivity index (χ4n) is 3.31. The molecule has 0 amide bonds. The highest BCUT2D eigenvalue weighted by molar-refractivity contribution is 5.81. The van der Waals surface area contributed by atoms with Crippen molar-refractivity contribution in [3.05, 3.63) is 84.4 Å². The highest BCUT2D eigenvalue weighted by atomic mass is 15.1. The predicted molar refractivity (Wildman–Crippen MR) is 112 cm³/mol. The van der Waals surface area contributed by atoms with E-state index in [0.717, 1.165) is 43.9 Å². The number of benzene rings is 2. The number of aromatic amines is 1. The summed E-state index contributed by atoms with van der Waals surface area (Å²) in [6, 6.07) is 21.3. The molecule has 6 heteroatoms. The van der Waals surface area contributed by atoms with E-state index in [4.69, 9.17) is 0 Å². The van der Waals surface area contributed by atoms with Crippen LogP contribution in [0, 0.1) is 0 Å². The summed E-state index contributed by atoms with van der Waals surface area (Å²) in [6.07, 6.45) is 4.20. The summed E-state index contributed by atoms with van der Waals surface area (Å²) in [5.74, 6) is 0.806. The van der Waals surface area contributed by atoms with E-state index in [1.807, 2.05) is 0 Å². The molecule has 0 saturated heterocycles. The lowest BCUT2D eigenvalue weighted by Gasteiger charge is -2.23. The average molecular weight is 372 g/mol.